The second-order valence-corrected chi connectivity index (χ2v) is 4.72. The first-order chi connectivity index (χ1) is 6.83. The Morgan fingerprint density at radius 3 is 2.33 bits per heavy atom. The molecule has 0 aliphatic carbocycles. The van der Waals surface area contributed by atoms with Gasteiger partial charge in [-0.05, 0) is 38.2 Å². The minimum atomic E-state index is -0.272. The average molecular weight is 210 g/mol. The van der Waals surface area contributed by atoms with E-state index < -0.39 is 0 Å². The molecule has 0 aromatic carbocycles. The van der Waals surface area contributed by atoms with Gasteiger partial charge in [-0.15, -0.1) is 0 Å². The molecule has 0 saturated carbocycles. The van der Waals surface area contributed by atoms with Crippen LogP contribution in [-0.4, -0.2) is 5.97 Å². The average Bonchev–Trinajstić information content (AvgIpc) is 2.01. The van der Waals surface area contributed by atoms with Gasteiger partial charge in [-0.2, -0.15) is 0 Å². The Balaban J connectivity index is 4.01. The van der Waals surface area contributed by atoms with Gasteiger partial charge in [0.05, 0.1) is 6.26 Å². The van der Waals surface area contributed by atoms with Gasteiger partial charge in [0.25, 0.3) is 0 Å². The second-order valence-electron chi connectivity index (χ2n) is 4.72. The predicted molar refractivity (Wildman–Crippen MR) is 63.4 cm³/mol. The molecule has 2 nitrogen and oxygen atoms in total. The summed E-state index contributed by atoms with van der Waals surface area (Å²) in [7, 11) is 0. The quantitative estimate of drug-likeness (QED) is 0.391. The molecule has 0 aromatic rings. The van der Waals surface area contributed by atoms with E-state index in [1.165, 1.54) is 18.8 Å². The van der Waals surface area contributed by atoms with E-state index in [4.69, 9.17) is 4.74 Å². The highest BCUT2D eigenvalue weighted by atomic mass is 16.5. The molecule has 0 amide bonds. The zero-order chi connectivity index (χ0) is 11.9. The van der Waals surface area contributed by atoms with Crippen LogP contribution in [0.1, 0.15) is 47.5 Å². The Bertz CT molecular complexity index is 256. The third-order valence-electron chi connectivity index (χ3n) is 2.09. The largest absolute Gasteiger partial charge is 0.435 e. The first-order valence-electron chi connectivity index (χ1n) is 5.32. The predicted octanol–water partition coefficient (Wildman–Crippen LogP) is 3.84. The molecule has 0 rings (SSSR count). The molecule has 0 bridgehead atoms. The Labute approximate surface area is 93.0 Å². The van der Waals surface area contributed by atoms with Crippen molar-refractivity contribution in [1.82, 2.24) is 0 Å². The van der Waals surface area contributed by atoms with E-state index in [-0.39, 0.29) is 11.4 Å². The minimum absolute atomic E-state index is 0.0708. The number of allylic oxidation sites excluding steroid dienone is 3. The van der Waals surface area contributed by atoms with Gasteiger partial charge in [0.2, 0.25) is 0 Å². The van der Waals surface area contributed by atoms with Gasteiger partial charge in [0, 0.05) is 6.92 Å². The van der Waals surface area contributed by atoms with E-state index in [0.29, 0.717) is 0 Å². The van der Waals surface area contributed by atoms with E-state index in [1.807, 2.05) is 6.08 Å². The van der Waals surface area contributed by atoms with Crippen LogP contribution in [0.3, 0.4) is 0 Å². The van der Waals surface area contributed by atoms with Crippen LogP contribution in [0.25, 0.3) is 0 Å². The topological polar surface area (TPSA) is 26.3 Å². The van der Waals surface area contributed by atoms with Crippen molar-refractivity contribution in [3.63, 3.8) is 0 Å². The SMILES string of the molecule is CC(=O)O/C=C/C(C)(C)CCC=C(C)C. The fourth-order valence-electron chi connectivity index (χ4n) is 1.13. The molecule has 0 N–H and O–H groups in total. The molecule has 0 fully saturated rings. The van der Waals surface area contributed by atoms with Crippen LogP contribution in [0.15, 0.2) is 24.0 Å². The molecule has 0 heterocycles. The lowest BCUT2D eigenvalue weighted by Crippen LogP contribution is -2.07. The number of carbonyl (C=O) groups is 1. The maximum atomic E-state index is 10.5. The molecule has 0 radical (unpaired) electrons. The Morgan fingerprint density at radius 1 is 1.27 bits per heavy atom. The lowest BCUT2D eigenvalue weighted by Gasteiger charge is -2.18. The van der Waals surface area contributed by atoms with Crippen molar-refractivity contribution in [1.29, 1.82) is 0 Å². The second kappa shape index (κ2) is 6.44. The molecule has 0 unspecified atom stereocenters. The van der Waals surface area contributed by atoms with Crippen molar-refractivity contribution in [2.75, 3.05) is 0 Å². The monoisotopic (exact) mass is 210 g/mol. The first-order valence-corrected chi connectivity index (χ1v) is 5.32. The van der Waals surface area contributed by atoms with Crippen molar-refractivity contribution < 1.29 is 9.53 Å². The molecule has 15 heavy (non-hydrogen) atoms. The maximum absolute atomic E-state index is 10.5. The molecule has 0 aromatic heterocycles. The van der Waals surface area contributed by atoms with Gasteiger partial charge >= 0.3 is 5.97 Å². The third-order valence-corrected chi connectivity index (χ3v) is 2.09. The molecular formula is C13H22O2. The van der Waals surface area contributed by atoms with Crippen molar-refractivity contribution in [3.05, 3.63) is 24.0 Å². The summed E-state index contributed by atoms with van der Waals surface area (Å²) in [5.74, 6) is -0.272. The maximum Gasteiger partial charge on any atom is 0.307 e. The van der Waals surface area contributed by atoms with Gasteiger partial charge < -0.3 is 4.74 Å². The van der Waals surface area contributed by atoms with Crippen molar-refractivity contribution >= 4 is 5.97 Å². The molecule has 86 valence electrons. The van der Waals surface area contributed by atoms with E-state index in [0.717, 1.165) is 12.8 Å². The van der Waals surface area contributed by atoms with Gasteiger partial charge in [0.1, 0.15) is 0 Å². The van der Waals surface area contributed by atoms with Crippen LogP contribution in [0, 0.1) is 5.41 Å². The molecule has 0 spiro atoms. The zero-order valence-corrected chi connectivity index (χ0v) is 10.5. The molecular weight excluding hydrogens is 188 g/mol. The zero-order valence-electron chi connectivity index (χ0n) is 10.5. The van der Waals surface area contributed by atoms with Crippen molar-refractivity contribution in [2.24, 2.45) is 5.41 Å². The molecule has 0 aliphatic heterocycles. The fourth-order valence-corrected chi connectivity index (χ4v) is 1.13. The van der Waals surface area contributed by atoms with Crippen LogP contribution < -0.4 is 0 Å². The molecule has 0 aliphatic rings. The van der Waals surface area contributed by atoms with Gasteiger partial charge in [0.15, 0.2) is 0 Å². The Morgan fingerprint density at radius 2 is 1.87 bits per heavy atom. The van der Waals surface area contributed by atoms with E-state index in [1.54, 1.807) is 0 Å². The van der Waals surface area contributed by atoms with E-state index >= 15 is 0 Å². The fraction of sp³-hybridized carbons (Fsp3) is 0.615. The number of hydrogen-bond acceptors (Lipinski definition) is 2. The number of esters is 1. The van der Waals surface area contributed by atoms with E-state index in [9.17, 15) is 4.79 Å². The van der Waals surface area contributed by atoms with Gasteiger partial charge in [-0.25, -0.2) is 0 Å². The normalized spacial score (nSPS) is 11.5. The van der Waals surface area contributed by atoms with Crippen LogP contribution in [-0.2, 0) is 9.53 Å². The summed E-state index contributed by atoms with van der Waals surface area (Å²) in [5, 5.41) is 0. The molecule has 2 heteroatoms. The summed E-state index contributed by atoms with van der Waals surface area (Å²) in [6.07, 6.45) is 7.76. The molecule has 0 atom stereocenters. The highest BCUT2D eigenvalue weighted by Gasteiger charge is 2.12. The van der Waals surface area contributed by atoms with Crippen LogP contribution in [0.5, 0.6) is 0 Å². The highest BCUT2D eigenvalue weighted by Crippen LogP contribution is 2.24. The molecule has 0 saturated heterocycles. The van der Waals surface area contributed by atoms with Crippen LogP contribution >= 0.6 is 0 Å². The lowest BCUT2D eigenvalue weighted by molar-refractivity contribution is -0.135. The smallest absolute Gasteiger partial charge is 0.307 e. The summed E-state index contributed by atoms with van der Waals surface area (Å²) in [4.78, 5) is 10.5. The van der Waals surface area contributed by atoms with Crippen LogP contribution in [0.2, 0.25) is 0 Å². The Hall–Kier alpha value is -1.05. The summed E-state index contributed by atoms with van der Waals surface area (Å²) in [5.41, 5.74) is 1.41. The number of ether oxygens (including phenoxy) is 1. The summed E-state index contributed by atoms with van der Waals surface area (Å²) in [6, 6.07) is 0. The minimum Gasteiger partial charge on any atom is -0.435 e. The summed E-state index contributed by atoms with van der Waals surface area (Å²) < 4.78 is 4.77. The summed E-state index contributed by atoms with van der Waals surface area (Å²) in [6.45, 7) is 9.86. The van der Waals surface area contributed by atoms with Gasteiger partial charge in [-0.3, -0.25) is 4.79 Å². The standard InChI is InChI=1S/C13H22O2/c1-11(2)7-6-8-13(4,5)9-10-15-12(3)14/h7,9-10H,6,8H2,1-5H3/b10-9+. The summed E-state index contributed by atoms with van der Waals surface area (Å²) >= 11 is 0. The Kier molecular flexibility index (Phi) is 5.99. The van der Waals surface area contributed by atoms with Crippen LogP contribution in [0.4, 0.5) is 0 Å². The van der Waals surface area contributed by atoms with Crippen molar-refractivity contribution in [3.8, 4) is 0 Å². The van der Waals surface area contributed by atoms with Gasteiger partial charge in [-0.1, -0.05) is 25.5 Å². The number of carbonyl (C=O) groups excluding carboxylic acids is 1. The first kappa shape index (κ1) is 13.9. The van der Waals surface area contributed by atoms with Crippen molar-refractivity contribution in [2.45, 2.75) is 47.5 Å². The third kappa shape index (κ3) is 9.26. The number of rotatable bonds is 5. The number of hydrogen-bond donors (Lipinski definition) is 0. The highest BCUT2D eigenvalue weighted by molar-refractivity contribution is 5.66. The van der Waals surface area contributed by atoms with E-state index in [2.05, 4.69) is 33.8 Å². The lowest BCUT2D eigenvalue weighted by atomic mass is 9.88.